The first-order valence-electron chi connectivity index (χ1n) is 3.12. The van der Waals surface area contributed by atoms with Crippen LogP contribution >= 0.6 is 0 Å². The standard InChI is InChI=1S/C7H8N4/c1-2-3-11-5-6(4-8)7(9)10-11/h2,5H,1,3H2,(H2,9,10). The van der Waals surface area contributed by atoms with E-state index in [9.17, 15) is 0 Å². The summed E-state index contributed by atoms with van der Waals surface area (Å²) in [6.07, 6.45) is 3.28. The first kappa shape index (κ1) is 7.35. The zero-order valence-corrected chi connectivity index (χ0v) is 5.99. The normalized spacial score (nSPS) is 9.00. The van der Waals surface area contributed by atoms with Gasteiger partial charge in [0, 0.05) is 6.20 Å². The van der Waals surface area contributed by atoms with Crippen molar-refractivity contribution >= 4 is 5.82 Å². The van der Waals surface area contributed by atoms with Crippen LogP contribution in [-0.4, -0.2) is 9.78 Å². The predicted octanol–water partition coefficient (Wildman–Crippen LogP) is 0.523. The summed E-state index contributed by atoms with van der Waals surface area (Å²) in [6.45, 7) is 4.11. The number of nitrogen functional groups attached to an aromatic ring is 1. The number of nitrogens with two attached hydrogens (primary N) is 1. The summed E-state index contributed by atoms with van der Waals surface area (Å²) in [5, 5.41) is 12.4. The van der Waals surface area contributed by atoms with Gasteiger partial charge in [0.1, 0.15) is 11.6 Å². The molecule has 0 fully saturated rings. The van der Waals surface area contributed by atoms with E-state index in [4.69, 9.17) is 11.0 Å². The van der Waals surface area contributed by atoms with Gasteiger partial charge in [0.2, 0.25) is 0 Å². The smallest absolute Gasteiger partial charge is 0.163 e. The highest BCUT2D eigenvalue weighted by Gasteiger charge is 2.01. The molecule has 1 aromatic heterocycles. The first-order valence-corrected chi connectivity index (χ1v) is 3.12. The second-order valence-corrected chi connectivity index (χ2v) is 2.05. The van der Waals surface area contributed by atoms with Crippen LogP contribution in [0, 0.1) is 11.3 Å². The lowest BCUT2D eigenvalue weighted by Crippen LogP contribution is -1.96. The van der Waals surface area contributed by atoms with Crippen molar-refractivity contribution in [3.63, 3.8) is 0 Å². The summed E-state index contributed by atoms with van der Waals surface area (Å²) in [5.41, 5.74) is 5.80. The zero-order valence-electron chi connectivity index (χ0n) is 5.99. The van der Waals surface area contributed by atoms with Crippen molar-refractivity contribution in [1.82, 2.24) is 9.78 Å². The van der Waals surface area contributed by atoms with Gasteiger partial charge in [-0.15, -0.1) is 6.58 Å². The van der Waals surface area contributed by atoms with E-state index in [2.05, 4.69) is 11.7 Å². The van der Waals surface area contributed by atoms with Crippen molar-refractivity contribution in [2.45, 2.75) is 6.54 Å². The van der Waals surface area contributed by atoms with Gasteiger partial charge in [-0.3, -0.25) is 4.68 Å². The fraction of sp³-hybridized carbons (Fsp3) is 0.143. The Kier molecular flexibility index (Phi) is 1.93. The summed E-state index contributed by atoms with van der Waals surface area (Å²) in [6, 6.07) is 1.93. The lowest BCUT2D eigenvalue weighted by molar-refractivity contribution is 0.706. The lowest BCUT2D eigenvalue weighted by Gasteiger charge is -1.90. The Morgan fingerprint density at radius 2 is 2.64 bits per heavy atom. The Morgan fingerprint density at radius 1 is 1.91 bits per heavy atom. The minimum atomic E-state index is 0.273. The minimum Gasteiger partial charge on any atom is -0.381 e. The number of hydrogen-bond acceptors (Lipinski definition) is 3. The van der Waals surface area contributed by atoms with Gasteiger partial charge in [0.15, 0.2) is 5.82 Å². The number of hydrogen-bond donors (Lipinski definition) is 1. The Balaban J connectivity index is 2.97. The highest BCUT2D eigenvalue weighted by molar-refractivity contribution is 5.46. The average molecular weight is 148 g/mol. The number of allylic oxidation sites excluding steroid dienone is 1. The van der Waals surface area contributed by atoms with E-state index in [0.717, 1.165) is 0 Å². The van der Waals surface area contributed by atoms with Crippen LogP contribution in [0.5, 0.6) is 0 Å². The number of nitriles is 1. The molecule has 1 heterocycles. The molecule has 0 amide bonds. The number of aromatic nitrogens is 2. The molecular weight excluding hydrogens is 140 g/mol. The van der Waals surface area contributed by atoms with Gasteiger partial charge in [0.25, 0.3) is 0 Å². The molecule has 0 saturated heterocycles. The minimum absolute atomic E-state index is 0.273. The van der Waals surface area contributed by atoms with Crippen molar-refractivity contribution in [3.05, 3.63) is 24.4 Å². The van der Waals surface area contributed by atoms with E-state index >= 15 is 0 Å². The van der Waals surface area contributed by atoms with Gasteiger partial charge in [-0.1, -0.05) is 6.08 Å². The van der Waals surface area contributed by atoms with Crippen molar-refractivity contribution in [1.29, 1.82) is 5.26 Å². The van der Waals surface area contributed by atoms with Crippen LogP contribution in [0.1, 0.15) is 5.56 Å². The molecule has 0 aliphatic rings. The summed E-state index contributed by atoms with van der Waals surface area (Å²) in [7, 11) is 0. The van der Waals surface area contributed by atoms with Gasteiger partial charge in [0.05, 0.1) is 6.54 Å². The quantitative estimate of drug-likeness (QED) is 0.622. The Morgan fingerprint density at radius 3 is 3.09 bits per heavy atom. The van der Waals surface area contributed by atoms with E-state index in [-0.39, 0.29) is 5.82 Å². The number of rotatable bonds is 2. The highest BCUT2D eigenvalue weighted by Crippen LogP contribution is 2.05. The van der Waals surface area contributed by atoms with E-state index in [0.29, 0.717) is 12.1 Å². The van der Waals surface area contributed by atoms with Crippen molar-refractivity contribution in [2.24, 2.45) is 0 Å². The third-order valence-corrected chi connectivity index (χ3v) is 1.23. The molecule has 0 atom stereocenters. The van der Waals surface area contributed by atoms with Crippen molar-refractivity contribution in [2.75, 3.05) is 5.73 Å². The molecular formula is C7H8N4. The number of anilines is 1. The van der Waals surface area contributed by atoms with Crippen molar-refractivity contribution < 1.29 is 0 Å². The van der Waals surface area contributed by atoms with Gasteiger partial charge >= 0.3 is 0 Å². The zero-order chi connectivity index (χ0) is 8.27. The molecule has 56 valence electrons. The maximum absolute atomic E-state index is 8.49. The van der Waals surface area contributed by atoms with E-state index in [1.807, 2.05) is 6.07 Å². The molecule has 0 aliphatic heterocycles. The molecule has 0 aliphatic carbocycles. The fourth-order valence-electron chi connectivity index (χ4n) is 0.748. The molecule has 0 saturated carbocycles. The largest absolute Gasteiger partial charge is 0.381 e. The van der Waals surface area contributed by atoms with Crippen LogP contribution in [0.4, 0.5) is 5.82 Å². The van der Waals surface area contributed by atoms with E-state index < -0.39 is 0 Å². The van der Waals surface area contributed by atoms with Crippen LogP contribution in [0.15, 0.2) is 18.9 Å². The monoisotopic (exact) mass is 148 g/mol. The van der Waals surface area contributed by atoms with Gasteiger partial charge in [-0.2, -0.15) is 10.4 Å². The average Bonchev–Trinajstić information content (AvgIpc) is 2.32. The molecule has 4 heteroatoms. The summed E-state index contributed by atoms with van der Waals surface area (Å²) in [5.74, 6) is 0.273. The Bertz CT molecular complexity index is 305. The topological polar surface area (TPSA) is 67.6 Å². The molecule has 0 aromatic carbocycles. The van der Waals surface area contributed by atoms with Gasteiger partial charge < -0.3 is 5.73 Å². The molecule has 2 N–H and O–H groups in total. The lowest BCUT2D eigenvalue weighted by atomic mass is 10.4. The van der Waals surface area contributed by atoms with Crippen LogP contribution in [0.3, 0.4) is 0 Å². The maximum atomic E-state index is 8.49. The Hall–Kier alpha value is -1.76. The van der Waals surface area contributed by atoms with Crippen LogP contribution in [-0.2, 0) is 6.54 Å². The third-order valence-electron chi connectivity index (χ3n) is 1.23. The molecule has 0 radical (unpaired) electrons. The van der Waals surface area contributed by atoms with E-state index in [1.54, 1.807) is 17.0 Å². The molecule has 0 spiro atoms. The molecule has 11 heavy (non-hydrogen) atoms. The fourth-order valence-corrected chi connectivity index (χ4v) is 0.748. The highest BCUT2D eigenvalue weighted by atomic mass is 15.3. The summed E-state index contributed by atoms with van der Waals surface area (Å²) >= 11 is 0. The SMILES string of the molecule is C=CCn1cc(C#N)c(N)n1. The summed E-state index contributed by atoms with van der Waals surface area (Å²) in [4.78, 5) is 0. The molecule has 1 aromatic rings. The van der Waals surface area contributed by atoms with Crippen molar-refractivity contribution in [3.8, 4) is 6.07 Å². The van der Waals surface area contributed by atoms with Crippen LogP contribution in [0.2, 0.25) is 0 Å². The summed E-state index contributed by atoms with van der Waals surface area (Å²) < 4.78 is 1.57. The van der Waals surface area contributed by atoms with Crippen LogP contribution in [0.25, 0.3) is 0 Å². The first-order chi connectivity index (χ1) is 5.27. The number of nitrogens with zero attached hydrogens (tertiary/aromatic N) is 3. The van der Waals surface area contributed by atoms with E-state index in [1.165, 1.54) is 0 Å². The molecule has 0 bridgehead atoms. The predicted molar refractivity (Wildman–Crippen MR) is 41.6 cm³/mol. The molecule has 4 nitrogen and oxygen atoms in total. The Labute approximate surface area is 64.5 Å². The molecule has 1 rings (SSSR count). The van der Waals surface area contributed by atoms with Gasteiger partial charge in [-0.05, 0) is 0 Å². The maximum Gasteiger partial charge on any atom is 0.163 e. The second-order valence-electron chi connectivity index (χ2n) is 2.05. The van der Waals surface area contributed by atoms with Crippen LogP contribution < -0.4 is 5.73 Å². The second kappa shape index (κ2) is 2.88. The third kappa shape index (κ3) is 1.38. The van der Waals surface area contributed by atoms with Gasteiger partial charge in [-0.25, -0.2) is 0 Å². The molecule has 0 unspecified atom stereocenters.